The van der Waals surface area contributed by atoms with E-state index in [0.29, 0.717) is 6.54 Å². The van der Waals surface area contributed by atoms with Gasteiger partial charge in [0, 0.05) is 22.2 Å². The molecule has 1 unspecified atom stereocenters. The summed E-state index contributed by atoms with van der Waals surface area (Å²) in [7, 11) is -3.20. The normalized spacial score (nSPS) is 13.7. The number of hydrogen-bond donors (Lipinski definition) is 1. The maximum absolute atomic E-state index is 11.3. The molecule has 0 aliphatic carbocycles. The molecule has 2 heterocycles. The number of hydrogen-bond acceptors (Lipinski definition) is 5. The van der Waals surface area contributed by atoms with E-state index in [1.165, 1.54) is 17.3 Å². The molecule has 5 nitrogen and oxygen atoms in total. The molecule has 7 heteroatoms. The van der Waals surface area contributed by atoms with Gasteiger partial charge in [0.15, 0.2) is 9.84 Å². The van der Waals surface area contributed by atoms with Crippen molar-refractivity contribution in [3.63, 3.8) is 0 Å². The number of aromatic nitrogens is 2. The highest BCUT2D eigenvalue weighted by atomic mass is 32.2. The molecule has 0 saturated carbocycles. The zero-order valence-electron chi connectivity index (χ0n) is 10.2. The van der Waals surface area contributed by atoms with E-state index in [1.54, 1.807) is 16.0 Å². The molecule has 2 aromatic rings. The van der Waals surface area contributed by atoms with Crippen LogP contribution in [0.5, 0.6) is 0 Å². The highest BCUT2D eigenvalue weighted by Gasteiger charge is 2.13. The molecule has 0 aromatic carbocycles. The molecule has 18 heavy (non-hydrogen) atoms. The van der Waals surface area contributed by atoms with Gasteiger partial charge in [0.2, 0.25) is 0 Å². The van der Waals surface area contributed by atoms with Crippen LogP contribution in [0.4, 0.5) is 0 Å². The van der Waals surface area contributed by atoms with Crippen LogP contribution in [0.1, 0.15) is 15.8 Å². The molecule has 1 atom stereocenters. The van der Waals surface area contributed by atoms with Crippen LogP contribution in [0.3, 0.4) is 0 Å². The molecule has 2 N–H and O–H groups in total. The first-order valence-electron chi connectivity index (χ1n) is 5.40. The van der Waals surface area contributed by atoms with E-state index in [0.717, 1.165) is 11.1 Å². The van der Waals surface area contributed by atoms with Crippen molar-refractivity contribution in [2.45, 2.75) is 24.4 Å². The van der Waals surface area contributed by atoms with E-state index in [1.807, 2.05) is 19.1 Å². The Morgan fingerprint density at radius 2 is 2.22 bits per heavy atom. The van der Waals surface area contributed by atoms with Crippen molar-refractivity contribution < 1.29 is 8.42 Å². The van der Waals surface area contributed by atoms with Gasteiger partial charge in [-0.15, -0.1) is 11.3 Å². The van der Waals surface area contributed by atoms with Crippen molar-refractivity contribution >= 4 is 21.2 Å². The van der Waals surface area contributed by atoms with E-state index in [4.69, 9.17) is 5.73 Å². The third-order valence-corrected chi connectivity index (χ3v) is 4.75. The highest BCUT2D eigenvalue weighted by molar-refractivity contribution is 7.90. The Kier molecular flexibility index (Phi) is 3.56. The van der Waals surface area contributed by atoms with Crippen LogP contribution in [0, 0.1) is 6.92 Å². The Morgan fingerprint density at radius 1 is 1.50 bits per heavy atom. The first kappa shape index (κ1) is 13.3. The van der Waals surface area contributed by atoms with Crippen molar-refractivity contribution in [3.8, 4) is 0 Å². The average Bonchev–Trinajstić information content (AvgIpc) is 2.85. The van der Waals surface area contributed by atoms with Crippen molar-refractivity contribution in [1.82, 2.24) is 9.78 Å². The highest BCUT2D eigenvalue weighted by Crippen LogP contribution is 2.22. The fourth-order valence-corrected chi connectivity index (χ4v) is 3.00. The monoisotopic (exact) mass is 285 g/mol. The minimum atomic E-state index is -3.20. The second-order valence-corrected chi connectivity index (χ2v) is 7.56. The molecule has 0 bridgehead atoms. The molecular weight excluding hydrogens is 270 g/mol. The fourth-order valence-electron chi connectivity index (χ4n) is 1.58. The van der Waals surface area contributed by atoms with Gasteiger partial charge in [-0.1, -0.05) is 0 Å². The number of nitrogens with zero attached hydrogens (tertiary/aromatic N) is 2. The third-order valence-electron chi connectivity index (χ3n) is 2.55. The summed E-state index contributed by atoms with van der Waals surface area (Å²) < 4.78 is 24.2. The molecular formula is C11H15N3O2S2. The number of sulfone groups is 1. The predicted octanol–water partition coefficient (Wildman–Crippen LogP) is 1.36. The Morgan fingerprint density at radius 3 is 2.72 bits per heavy atom. The first-order valence-corrected chi connectivity index (χ1v) is 8.11. The Balaban J connectivity index is 2.13. The van der Waals surface area contributed by atoms with E-state index in [2.05, 4.69) is 5.10 Å². The van der Waals surface area contributed by atoms with Gasteiger partial charge in [-0.25, -0.2) is 8.42 Å². The maximum atomic E-state index is 11.3. The lowest BCUT2D eigenvalue weighted by molar-refractivity contribution is 0.532. The smallest absolute Gasteiger partial charge is 0.178 e. The van der Waals surface area contributed by atoms with Crippen LogP contribution in [-0.2, 0) is 16.4 Å². The van der Waals surface area contributed by atoms with Crippen molar-refractivity contribution in [1.29, 1.82) is 0 Å². The predicted molar refractivity (Wildman–Crippen MR) is 71.3 cm³/mol. The molecule has 98 valence electrons. The third kappa shape index (κ3) is 2.98. The number of rotatable bonds is 4. The summed E-state index contributed by atoms with van der Waals surface area (Å²) in [5, 5.41) is 4.02. The minimum Gasteiger partial charge on any atom is -0.322 e. The minimum absolute atomic E-state index is 0.170. The van der Waals surface area contributed by atoms with Gasteiger partial charge in [-0.05, 0) is 19.1 Å². The van der Waals surface area contributed by atoms with Gasteiger partial charge in [0.05, 0.1) is 18.8 Å². The number of aryl methyl sites for hydroxylation is 1. The lowest BCUT2D eigenvalue weighted by Gasteiger charge is -2.09. The lowest BCUT2D eigenvalue weighted by atomic mass is 10.2. The zero-order chi connectivity index (χ0) is 13.3. The van der Waals surface area contributed by atoms with Crippen molar-refractivity contribution in [2.75, 3.05) is 6.26 Å². The summed E-state index contributed by atoms with van der Waals surface area (Å²) in [6.45, 7) is 2.49. The number of thiophene rings is 1. The Bertz CT molecular complexity index is 643. The van der Waals surface area contributed by atoms with E-state index < -0.39 is 9.84 Å². The molecule has 2 rings (SSSR count). The lowest BCUT2D eigenvalue weighted by Crippen LogP contribution is -2.16. The zero-order valence-corrected chi connectivity index (χ0v) is 11.8. The summed E-state index contributed by atoms with van der Waals surface area (Å²) in [5.41, 5.74) is 6.06. The molecule has 0 amide bonds. The van der Waals surface area contributed by atoms with Gasteiger partial charge < -0.3 is 5.73 Å². The van der Waals surface area contributed by atoms with Gasteiger partial charge in [0.25, 0.3) is 0 Å². The van der Waals surface area contributed by atoms with Gasteiger partial charge in [-0.3, -0.25) is 4.68 Å². The quantitative estimate of drug-likeness (QED) is 0.920. The summed E-state index contributed by atoms with van der Waals surface area (Å²) >= 11 is 1.64. The molecule has 0 fully saturated rings. The fraction of sp³-hybridized carbons (Fsp3) is 0.364. The first-order chi connectivity index (χ1) is 8.36. The molecule has 0 radical (unpaired) electrons. The summed E-state index contributed by atoms with van der Waals surface area (Å²) in [4.78, 5) is 2.50. The molecule has 2 aromatic heterocycles. The molecule has 0 aliphatic rings. The number of nitrogens with two attached hydrogens (primary N) is 1. The van der Waals surface area contributed by atoms with E-state index in [9.17, 15) is 8.42 Å². The summed E-state index contributed by atoms with van der Waals surface area (Å²) in [6.07, 6.45) is 4.02. The summed E-state index contributed by atoms with van der Waals surface area (Å²) in [5.74, 6) is 0. The van der Waals surface area contributed by atoms with Crippen LogP contribution in [0.2, 0.25) is 0 Å². The van der Waals surface area contributed by atoms with E-state index >= 15 is 0 Å². The topological polar surface area (TPSA) is 78.0 Å². The standard InChI is InChI=1S/C11H15N3O2S2/c1-8-3-4-11(17-8)10(12)7-14-6-9(5-13-14)18(2,15)16/h3-6,10H,7,12H2,1-2H3. The SMILES string of the molecule is Cc1ccc(C(N)Cn2cc(S(C)(=O)=O)cn2)s1. The van der Waals surface area contributed by atoms with Crippen LogP contribution in [-0.4, -0.2) is 24.5 Å². The Hall–Kier alpha value is -1.18. The average molecular weight is 285 g/mol. The van der Waals surface area contributed by atoms with Crippen molar-refractivity contribution in [2.24, 2.45) is 5.73 Å². The van der Waals surface area contributed by atoms with Gasteiger partial charge in [0.1, 0.15) is 4.90 Å². The van der Waals surface area contributed by atoms with E-state index in [-0.39, 0.29) is 10.9 Å². The van der Waals surface area contributed by atoms with Crippen LogP contribution >= 0.6 is 11.3 Å². The maximum Gasteiger partial charge on any atom is 0.178 e. The van der Waals surface area contributed by atoms with Gasteiger partial charge >= 0.3 is 0 Å². The van der Waals surface area contributed by atoms with Crippen LogP contribution in [0.15, 0.2) is 29.4 Å². The molecule has 0 spiro atoms. The summed E-state index contributed by atoms with van der Waals surface area (Å²) in [6, 6.07) is 3.84. The van der Waals surface area contributed by atoms with Crippen molar-refractivity contribution in [3.05, 3.63) is 34.3 Å². The van der Waals surface area contributed by atoms with Gasteiger partial charge in [-0.2, -0.15) is 5.10 Å². The second kappa shape index (κ2) is 4.83. The van der Waals surface area contributed by atoms with Crippen LogP contribution in [0.25, 0.3) is 0 Å². The second-order valence-electron chi connectivity index (χ2n) is 4.23. The Labute approximate surface area is 110 Å². The molecule has 0 saturated heterocycles. The molecule has 0 aliphatic heterocycles. The van der Waals surface area contributed by atoms with Crippen LogP contribution < -0.4 is 5.73 Å². The largest absolute Gasteiger partial charge is 0.322 e.